The SMILES string of the molecule is CCC(C)C1NC(CC(C)C)N(C(C)C2CCOC2)C1=O. The fourth-order valence-corrected chi connectivity index (χ4v) is 3.59. The molecule has 2 saturated heterocycles. The zero-order chi connectivity index (χ0) is 15.6. The largest absolute Gasteiger partial charge is 0.381 e. The molecule has 0 saturated carbocycles. The van der Waals surface area contributed by atoms with Crippen LogP contribution in [0.2, 0.25) is 0 Å². The number of nitrogens with zero attached hydrogens (tertiary/aromatic N) is 1. The zero-order valence-corrected chi connectivity index (χ0v) is 14.3. The summed E-state index contributed by atoms with van der Waals surface area (Å²) >= 11 is 0. The molecule has 5 atom stereocenters. The molecule has 0 aromatic heterocycles. The van der Waals surface area contributed by atoms with Crippen molar-refractivity contribution in [3.8, 4) is 0 Å². The van der Waals surface area contributed by atoms with E-state index in [9.17, 15) is 4.79 Å². The maximum Gasteiger partial charge on any atom is 0.241 e. The Hall–Kier alpha value is -0.610. The van der Waals surface area contributed by atoms with Gasteiger partial charge in [-0.05, 0) is 31.6 Å². The van der Waals surface area contributed by atoms with E-state index in [0.29, 0.717) is 23.7 Å². The first-order valence-electron chi connectivity index (χ1n) is 8.61. The molecule has 5 unspecified atom stereocenters. The third-order valence-corrected chi connectivity index (χ3v) is 5.22. The first-order chi connectivity index (χ1) is 9.95. The molecule has 2 aliphatic rings. The van der Waals surface area contributed by atoms with E-state index < -0.39 is 0 Å². The van der Waals surface area contributed by atoms with Crippen molar-refractivity contribution in [2.75, 3.05) is 13.2 Å². The number of amides is 1. The first-order valence-corrected chi connectivity index (χ1v) is 8.61. The molecule has 0 aliphatic carbocycles. The van der Waals surface area contributed by atoms with Crippen LogP contribution in [0.4, 0.5) is 0 Å². The minimum atomic E-state index is -0.0106. The summed E-state index contributed by atoms with van der Waals surface area (Å²) < 4.78 is 5.53. The third kappa shape index (κ3) is 3.59. The Kier molecular flexibility index (Phi) is 5.67. The lowest BCUT2D eigenvalue weighted by molar-refractivity contribution is -0.134. The summed E-state index contributed by atoms with van der Waals surface area (Å²) in [5, 5.41) is 3.61. The second kappa shape index (κ2) is 7.10. The molecule has 21 heavy (non-hydrogen) atoms. The van der Waals surface area contributed by atoms with Gasteiger partial charge in [0, 0.05) is 18.6 Å². The summed E-state index contributed by atoms with van der Waals surface area (Å²) in [6, 6.07) is 0.258. The van der Waals surface area contributed by atoms with E-state index in [2.05, 4.69) is 44.8 Å². The normalized spacial score (nSPS) is 33.0. The van der Waals surface area contributed by atoms with E-state index in [4.69, 9.17) is 4.74 Å². The second-order valence-corrected chi connectivity index (χ2v) is 7.28. The van der Waals surface area contributed by atoms with Gasteiger partial charge in [-0.15, -0.1) is 0 Å². The fourth-order valence-electron chi connectivity index (χ4n) is 3.59. The van der Waals surface area contributed by atoms with Crippen molar-refractivity contribution < 1.29 is 9.53 Å². The van der Waals surface area contributed by atoms with Gasteiger partial charge >= 0.3 is 0 Å². The van der Waals surface area contributed by atoms with Crippen LogP contribution in [0.5, 0.6) is 0 Å². The molecule has 4 nitrogen and oxygen atoms in total. The molecule has 2 aliphatic heterocycles. The third-order valence-electron chi connectivity index (χ3n) is 5.22. The quantitative estimate of drug-likeness (QED) is 0.819. The maximum atomic E-state index is 12.9. The number of ether oxygens (including phenoxy) is 1. The Labute approximate surface area is 129 Å². The smallest absolute Gasteiger partial charge is 0.241 e. The molecule has 2 fully saturated rings. The summed E-state index contributed by atoms with van der Waals surface area (Å²) in [4.78, 5) is 15.1. The van der Waals surface area contributed by atoms with Crippen molar-refractivity contribution >= 4 is 5.91 Å². The van der Waals surface area contributed by atoms with Crippen LogP contribution in [0.15, 0.2) is 0 Å². The van der Waals surface area contributed by atoms with Crippen LogP contribution in [0.25, 0.3) is 0 Å². The highest BCUT2D eigenvalue weighted by Gasteiger charge is 2.45. The first kappa shape index (κ1) is 16.8. The predicted molar refractivity (Wildman–Crippen MR) is 84.9 cm³/mol. The lowest BCUT2D eigenvalue weighted by Crippen LogP contribution is -2.47. The Morgan fingerprint density at radius 3 is 2.57 bits per heavy atom. The van der Waals surface area contributed by atoms with Crippen molar-refractivity contribution in [1.82, 2.24) is 10.2 Å². The highest BCUT2D eigenvalue weighted by atomic mass is 16.5. The van der Waals surface area contributed by atoms with Crippen molar-refractivity contribution in [2.24, 2.45) is 17.8 Å². The molecule has 122 valence electrons. The molecule has 0 spiro atoms. The van der Waals surface area contributed by atoms with E-state index in [1.165, 1.54) is 0 Å². The van der Waals surface area contributed by atoms with Crippen LogP contribution < -0.4 is 5.32 Å². The molecule has 0 bridgehead atoms. The van der Waals surface area contributed by atoms with Gasteiger partial charge in [0.1, 0.15) is 0 Å². The van der Waals surface area contributed by atoms with Crippen molar-refractivity contribution in [3.05, 3.63) is 0 Å². The van der Waals surface area contributed by atoms with Gasteiger partial charge in [-0.25, -0.2) is 0 Å². The average molecular weight is 296 g/mol. The minimum Gasteiger partial charge on any atom is -0.381 e. The number of hydrogen-bond acceptors (Lipinski definition) is 3. The Bertz CT molecular complexity index is 353. The average Bonchev–Trinajstić information content (AvgIpc) is 3.05. The molecule has 0 aromatic rings. The summed E-state index contributed by atoms with van der Waals surface area (Å²) in [5.41, 5.74) is 0. The molecule has 2 rings (SSSR count). The van der Waals surface area contributed by atoms with Gasteiger partial charge < -0.3 is 9.64 Å². The van der Waals surface area contributed by atoms with Crippen molar-refractivity contribution in [1.29, 1.82) is 0 Å². The topological polar surface area (TPSA) is 41.6 Å². The molecular formula is C17H32N2O2. The van der Waals surface area contributed by atoms with Gasteiger partial charge in [0.05, 0.1) is 18.8 Å². The molecular weight excluding hydrogens is 264 g/mol. The predicted octanol–water partition coefficient (Wildman–Crippen LogP) is 2.63. The van der Waals surface area contributed by atoms with Crippen LogP contribution in [-0.4, -0.2) is 42.3 Å². The van der Waals surface area contributed by atoms with Crippen molar-refractivity contribution in [3.63, 3.8) is 0 Å². The van der Waals surface area contributed by atoms with Crippen LogP contribution in [0, 0.1) is 17.8 Å². The van der Waals surface area contributed by atoms with E-state index in [1.807, 2.05) is 0 Å². The maximum absolute atomic E-state index is 12.9. The summed E-state index contributed by atoms with van der Waals surface area (Å²) in [7, 11) is 0. The molecule has 2 heterocycles. The number of carbonyl (C=O) groups excluding carboxylic acids is 1. The number of hydrogen-bond donors (Lipinski definition) is 1. The fraction of sp³-hybridized carbons (Fsp3) is 0.941. The van der Waals surface area contributed by atoms with E-state index >= 15 is 0 Å². The second-order valence-electron chi connectivity index (χ2n) is 7.28. The van der Waals surface area contributed by atoms with E-state index in [0.717, 1.165) is 32.5 Å². The molecule has 1 amide bonds. The standard InChI is InChI=1S/C17H32N2O2/c1-6-12(4)16-17(20)19(15(18-16)9-11(2)3)13(5)14-7-8-21-10-14/h11-16,18H,6-10H2,1-5H3. The van der Waals surface area contributed by atoms with Crippen LogP contribution in [0.3, 0.4) is 0 Å². The van der Waals surface area contributed by atoms with Crippen LogP contribution in [-0.2, 0) is 9.53 Å². The van der Waals surface area contributed by atoms with E-state index in [1.54, 1.807) is 0 Å². The zero-order valence-electron chi connectivity index (χ0n) is 14.3. The van der Waals surface area contributed by atoms with E-state index in [-0.39, 0.29) is 18.2 Å². The van der Waals surface area contributed by atoms with Gasteiger partial charge in [-0.2, -0.15) is 0 Å². The summed E-state index contributed by atoms with van der Waals surface area (Å²) in [6.45, 7) is 12.6. The van der Waals surface area contributed by atoms with Crippen LogP contribution in [0.1, 0.15) is 53.9 Å². The van der Waals surface area contributed by atoms with Gasteiger partial charge in [-0.1, -0.05) is 34.1 Å². The van der Waals surface area contributed by atoms with Crippen LogP contribution >= 0.6 is 0 Å². The lowest BCUT2D eigenvalue weighted by atomic mass is 9.96. The minimum absolute atomic E-state index is 0.0106. The number of rotatable bonds is 6. The number of nitrogens with one attached hydrogen (secondary N) is 1. The van der Waals surface area contributed by atoms with Crippen molar-refractivity contribution in [2.45, 2.75) is 72.1 Å². The lowest BCUT2D eigenvalue weighted by Gasteiger charge is -2.34. The van der Waals surface area contributed by atoms with Gasteiger partial charge in [0.2, 0.25) is 5.91 Å². The molecule has 4 heteroatoms. The number of carbonyl (C=O) groups is 1. The highest BCUT2D eigenvalue weighted by molar-refractivity contribution is 5.85. The Morgan fingerprint density at radius 1 is 1.33 bits per heavy atom. The monoisotopic (exact) mass is 296 g/mol. The molecule has 0 aromatic carbocycles. The Morgan fingerprint density at radius 2 is 2.05 bits per heavy atom. The van der Waals surface area contributed by atoms with Gasteiger partial charge in [0.25, 0.3) is 0 Å². The summed E-state index contributed by atoms with van der Waals surface area (Å²) in [5.74, 6) is 1.76. The highest BCUT2D eigenvalue weighted by Crippen LogP contribution is 2.30. The summed E-state index contributed by atoms with van der Waals surface area (Å²) in [6.07, 6.45) is 3.32. The van der Waals surface area contributed by atoms with Gasteiger partial charge in [-0.3, -0.25) is 10.1 Å². The molecule has 0 radical (unpaired) electrons. The Balaban J connectivity index is 2.14. The molecule has 1 N–H and O–H groups in total. The van der Waals surface area contributed by atoms with Gasteiger partial charge in [0.15, 0.2) is 0 Å².